The fourth-order valence-corrected chi connectivity index (χ4v) is 7.06. The number of carbonyl (C=O) groups excluding carboxylic acids is 2. The summed E-state index contributed by atoms with van der Waals surface area (Å²) in [6.45, 7) is 6.38. The standard InChI is InChI=1S/C37H37F2N5O5/c1-36(2,3)49-35(48)44-17-4-6-30(44)32-40-20-29(42-32)22-10-8-21(9-11-22)23-12-14-25-26-15-13-24(19-28(26)37(38,39)27(25)18-23)41-33(45)31-7-5-16-43(31)34(46)47/h8-15,18-20,30-31H,4-7,16-17H2,1-3H3,(H,40,42)(H,41,45)(H,46,47)/t30-,31-/m0/s1. The van der Waals surface area contributed by atoms with Crippen LogP contribution in [0.1, 0.15) is 69.4 Å². The van der Waals surface area contributed by atoms with Gasteiger partial charge in [-0.15, -0.1) is 0 Å². The van der Waals surface area contributed by atoms with Crippen molar-refractivity contribution in [1.29, 1.82) is 0 Å². The van der Waals surface area contributed by atoms with Crippen LogP contribution in [0.5, 0.6) is 0 Å². The molecule has 2 aliphatic heterocycles. The molecule has 3 amide bonds. The first-order valence-corrected chi connectivity index (χ1v) is 16.4. The van der Waals surface area contributed by atoms with Crippen molar-refractivity contribution in [1.82, 2.24) is 19.8 Å². The lowest BCUT2D eigenvalue weighted by Crippen LogP contribution is -2.42. The molecular formula is C37H37F2N5O5. The minimum atomic E-state index is -3.30. The summed E-state index contributed by atoms with van der Waals surface area (Å²) in [4.78, 5) is 47.8. The van der Waals surface area contributed by atoms with Crippen molar-refractivity contribution >= 4 is 23.8 Å². The Morgan fingerprint density at radius 2 is 1.53 bits per heavy atom. The fraction of sp³-hybridized carbons (Fsp3) is 0.351. The number of H-pyrrole nitrogens is 1. The second kappa shape index (κ2) is 12.0. The van der Waals surface area contributed by atoms with E-state index in [9.17, 15) is 19.5 Å². The Bertz CT molecular complexity index is 1950. The summed E-state index contributed by atoms with van der Waals surface area (Å²) in [5.74, 6) is -3.15. The SMILES string of the molecule is CC(C)(C)OC(=O)N1CCC[C@H]1c1ncc(-c2ccc(-c3ccc4c(c3)C(F)(F)c3cc(NC(=O)[C@@H]5CCCN5C(=O)O)ccc3-4)cc2)[nH]1. The summed E-state index contributed by atoms with van der Waals surface area (Å²) in [5, 5.41) is 12.0. The molecule has 0 radical (unpaired) electrons. The quantitative estimate of drug-likeness (QED) is 0.198. The number of benzene rings is 3. The van der Waals surface area contributed by atoms with Crippen LogP contribution in [0.4, 0.5) is 24.1 Å². The van der Waals surface area contributed by atoms with E-state index >= 15 is 8.78 Å². The Labute approximate surface area is 282 Å². The molecule has 4 aromatic rings. The average molecular weight is 670 g/mol. The van der Waals surface area contributed by atoms with Crippen LogP contribution < -0.4 is 5.32 Å². The maximum Gasteiger partial charge on any atom is 0.410 e. The number of carbonyl (C=O) groups is 3. The molecule has 2 saturated heterocycles. The molecule has 7 rings (SSSR count). The Morgan fingerprint density at radius 1 is 0.898 bits per heavy atom. The van der Waals surface area contributed by atoms with E-state index in [1.807, 2.05) is 51.1 Å². The van der Waals surface area contributed by atoms with Gasteiger partial charge >= 0.3 is 12.2 Å². The van der Waals surface area contributed by atoms with Crippen LogP contribution in [-0.4, -0.2) is 67.7 Å². The van der Waals surface area contributed by atoms with Gasteiger partial charge in [0.15, 0.2) is 0 Å². The molecular weight excluding hydrogens is 632 g/mol. The number of ether oxygens (including phenoxy) is 1. The zero-order chi connectivity index (χ0) is 34.7. The van der Waals surface area contributed by atoms with Crippen molar-refractivity contribution in [2.75, 3.05) is 18.4 Å². The number of halogens is 2. The molecule has 3 heterocycles. The van der Waals surface area contributed by atoms with E-state index in [0.29, 0.717) is 41.9 Å². The largest absolute Gasteiger partial charge is 0.465 e. The topological polar surface area (TPSA) is 128 Å². The van der Waals surface area contributed by atoms with E-state index < -0.39 is 29.6 Å². The van der Waals surface area contributed by atoms with Crippen LogP contribution in [0.15, 0.2) is 66.9 Å². The van der Waals surface area contributed by atoms with Crippen molar-refractivity contribution < 1.29 is 33.0 Å². The molecule has 49 heavy (non-hydrogen) atoms. The Balaban J connectivity index is 1.07. The molecule has 0 spiro atoms. The summed E-state index contributed by atoms with van der Waals surface area (Å²) < 4.78 is 37.5. The number of nitrogens with one attached hydrogen (secondary N) is 2. The van der Waals surface area contributed by atoms with E-state index in [4.69, 9.17) is 4.74 Å². The summed E-state index contributed by atoms with van der Waals surface area (Å²) in [6, 6.07) is 15.9. The van der Waals surface area contributed by atoms with Crippen LogP contribution in [0.25, 0.3) is 33.5 Å². The molecule has 0 saturated carbocycles. The third kappa shape index (κ3) is 6.00. The molecule has 254 valence electrons. The Morgan fingerprint density at radius 3 is 2.24 bits per heavy atom. The van der Waals surface area contributed by atoms with Crippen LogP contribution in [-0.2, 0) is 15.5 Å². The van der Waals surface area contributed by atoms with Gasteiger partial charge in [-0.2, -0.15) is 8.78 Å². The maximum atomic E-state index is 15.9. The summed E-state index contributed by atoms with van der Waals surface area (Å²) >= 11 is 0. The van der Waals surface area contributed by atoms with Crippen molar-refractivity contribution in [3.63, 3.8) is 0 Å². The molecule has 1 aromatic heterocycles. The molecule has 0 unspecified atom stereocenters. The number of nitrogens with zero attached hydrogens (tertiary/aromatic N) is 3. The van der Waals surface area contributed by atoms with Crippen LogP contribution in [0, 0.1) is 0 Å². The van der Waals surface area contributed by atoms with E-state index in [0.717, 1.165) is 34.6 Å². The fourth-order valence-electron chi connectivity index (χ4n) is 7.06. The van der Waals surface area contributed by atoms with Crippen LogP contribution in [0.2, 0.25) is 0 Å². The minimum absolute atomic E-state index is 0.121. The zero-order valence-electron chi connectivity index (χ0n) is 27.4. The highest BCUT2D eigenvalue weighted by molar-refractivity contribution is 5.97. The summed E-state index contributed by atoms with van der Waals surface area (Å²) in [6.07, 6.45) is 2.77. The normalized spacial score (nSPS) is 19.4. The van der Waals surface area contributed by atoms with Gasteiger partial charge < -0.3 is 20.1 Å². The first-order chi connectivity index (χ1) is 23.3. The number of carboxylic acid groups (broad SMARTS) is 1. The smallest absolute Gasteiger partial charge is 0.410 e. The monoisotopic (exact) mass is 669 g/mol. The minimum Gasteiger partial charge on any atom is -0.465 e. The van der Waals surface area contributed by atoms with Gasteiger partial charge in [-0.1, -0.05) is 42.5 Å². The molecule has 2 fully saturated rings. The molecule has 3 aromatic carbocycles. The van der Waals surface area contributed by atoms with E-state index in [2.05, 4.69) is 15.3 Å². The van der Waals surface area contributed by atoms with E-state index in [1.54, 1.807) is 29.3 Å². The lowest BCUT2D eigenvalue weighted by molar-refractivity contribution is -0.119. The number of aromatic nitrogens is 2. The van der Waals surface area contributed by atoms with Gasteiger partial charge in [0.25, 0.3) is 5.92 Å². The van der Waals surface area contributed by atoms with Crippen LogP contribution >= 0.6 is 0 Å². The Hall–Kier alpha value is -5.26. The van der Waals surface area contributed by atoms with Gasteiger partial charge in [0.1, 0.15) is 17.5 Å². The Kier molecular flexibility index (Phi) is 7.92. The molecule has 10 nitrogen and oxygen atoms in total. The maximum absolute atomic E-state index is 15.9. The van der Waals surface area contributed by atoms with Gasteiger partial charge in [0.05, 0.1) is 17.9 Å². The summed E-state index contributed by atoms with van der Waals surface area (Å²) in [7, 11) is 0. The molecule has 3 N–H and O–H groups in total. The van der Waals surface area contributed by atoms with Crippen molar-refractivity contribution in [3.05, 3.63) is 83.8 Å². The third-order valence-electron chi connectivity index (χ3n) is 9.40. The molecule has 1 aliphatic carbocycles. The molecule has 0 bridgehead atoms. The highest BCUT2D eigenvalue weighted by Gasteiger charge is 2.45. The lowest BCUT2D eigenvalue weighted by Gasteiger charge is -2.27. The number of imidazole rings is 1. The van der Waals surface area contributed by atoms with Crippen molar-refractivity contribution in [2.45, 2.75) is 70.1 Å². The summed E-state index contributed by atoms with van der Waals surface area (Å²) in [5.41, 5.74) is 3.10. The number of anilines is 1. The molecule has 3 aliphatic rings. The van der Waals surface area contributed by atoms with E-state index in [1.165, 1.54) is 12.1 Å². The van der Waals surface area contributed by atoms with Gasteiger partial charge in [-0.25, -0.2) is 14.6 Å². The van der Waals surface area contributed by atoms with Gasteiger partial charge in [0.2, 0.25) is 5.91 Å². The molecule has 2 atom stereocenters. The number of rotatable bonds is 5. The zero-order valence-corrected chi connectivity index (χ0v) is 27.4. The second-order valence-corrected chi connectivity index (χ2v) is 13.8. The number of likely N-dealkylation sites (tertiary alicyclic amines) is 2. The predicted octanol–water partition coefficient (Wildman–Crippen LogP) is 8.02. The average Bonchev–Trinajstić information content (AvgIpc) is 3.87. The van der Waals surface area contributed by atoms with Crippen molar-refractivity contribution in [2.24, 2.45) is 0 Å². The number of hydrogen-bond acceptors (Lipinski definition) is 5. The molecule has 12 heteroatoms. The number of fused-ring (bicyclic) bond motifs is 3. The van der Waals surface area contributed by atoms with Crippen LogP contribution in [0.3, 0.4) is 0 Å². The number of aromatic amines is 1. The first kappa shape index (κ1) is 32.3. The van der Waals surface area contributed by atoms with Gasteiger partial charge in [-0.3, -0.25) is 14.6 Å². The highest BCUT2D eigenvalue weighted by atomic mass is 19.3. The van der Waals surface area contributed by atoms with E-state index in [-0.39, 0.29) is 35.5 Å². The van der Waals surface area contributed by atoms with Crippen molar-refractivity contribution in [3.8, 4) is 33.5 Å². The van der Waals surface area contributed by atoms with Gasteiger partial charge in [-0.05, 0) is 92.5 Å². The number of alkyl halides is 2. The lowest BCUT2D eigenvalue weighted by atomic mass is 9.97. The second-order valence-electron chi connectivity index (χ2n) is 13.8. The third-order valence-corrected chi connectivity index (χ3v) is 9.40. The highest BCUT2D eigenvalue weighted by Crippen LogP contribution is 2.52. The first-order valence-electron chi connectivity index (χ1n) is 16.4. The van der Waals surface area contributed by atoms with Gasteiger partial charge in [0, 0.05) is 29.9 Å². The number of hydrogen-bond donors (Lipinski definition) is 3. The number of amides is 3. The predicted molar refractivity (Wildman–Crippen MR) is 179 cm³/mol.